The van der Waals surface area contributed by atoms with Crippen LogP contribution < -0.4 is 10.5 Å². The van der Waals surface area contributed by atoms with E-state index in [1.807, 2.05) is 6.07 Å². The molecule has 6 heteroatoms. The van der Waals surface area contributed by atoms with Crippen molar-refractivity contribution < 1.29 is 9.13 Å². The third-order valence-electron chi connectivity index (χ3n) is 2.92. The molecule has 0 saturated heterocycles. The number of nitrogens with zero attached hydrogens (tertiary/aromatic N) is 1. The Morgan fingerprint density at radius 1 is 1.14 bits per heavy atom. The number of nitrogen functional groups attached to an aromatic ring is 1. The summed E-state index contributed by atoms with van der Waals surface area (Å²) in [6, 6.07) is 9.71. The van der Waals surface area contributed by atoms with E-state index in [0.29, 0.717) is 27.2 Å². The van der Waals surface area contributed by atoms with Crippen molar-refractivity contribution in [1.29, 1.82) is 0 Å². The van der Waals surface area contributed by atoms with Crippen LogP contribution in [-0.2, 0) is 0 Å². The van der Waals surface area contributed by atoms with Crippen LogP contribution in [0, 0.1) is 5.82 Å². The second-order valence-electron chi connectivity index (χ2n) is 4.38. The highest BCUT2D eigenvalue weighted by Crippen LogP contribution is 2.36. The maximum Gasteiger partial charge on any atom is 0.145 e. The van der Waals surface area contributed by atoms with Crippen LogP contribution in [0.15, 0.2) is 47.1 Å². The molecule has 0 radical (unpaired) electrons. The molecule has 0 fully saturated rings. The summed E-state index contributed by atoms with van der Waals surface area (Å²) in [5.41, 5.74) is 7.06. The van der Waals surface area contributed by atoms with Gasteiger partial charge in [0.25, 0.3) is 0 Å². The number of anilines is 1. The minimum Gasteiger partial charge on any atom is -0.455 e. The third-order valence-corrected chi connectivity index (χ3v) is 3.83. The molecule has 1 aromatic heterocycles. The van der Waals surface area contributed by atoms with E-state index >= 15 is 0 Å². The Hall–Kier alpha value is -1.85. The number of fused-ring (bicyclic) bond motifs is 1. The molecule has 0 unspecified atom stereocenters. The van der Waals surface area contributed by atoms with Gasteiger partial charge in [0.1, 0.15) is 17.3 Å². The predicted octanol–water partition coefficient (Wildman–Crippen LogP) is 5.16. The standard InChI is InChI=1S/C15H9BrClFN2O/c16-10-6-11(17)12(18)7-15(10)21-14-3-4-20-13-5-8(19)1-2-9(13)14/h1-7H,19H2. The Morgan fingerprint density at radius 2 is 1.95 bits per heavy atom. The van der Waals surface area contributed by atoms with Gasteiger partial charge in [-0.2, -0.15) is 0 Å². The van der Waals surface area contributed by atoms with Crippen LogP contribution in [0.1, 0.15) is 0 Å². The maximum absolute atomic E-state index is 13.6. The zero-order chi connectivity index (χ0) is 15.0. The SMILES string of the molecule is Nc1ccc2c(Oc3cc(F)c(Cl)cc3Br)ccnc2c1. The summed E-state index contributed by atoms with van der Waals surface area (Å²) in [5.74, 6) is 0.348. The highest BCUT2D eigenvalue weighted by atomic mass is 79.9. The molecule has 0 aliphatic heterocycles. The molecular formula is C15H9BrClFN2O. The number of pyridine rings is 1. The lowest BCUT2D eigenvalue weighted by Crippen LogP contribution is -1.91. The Kier molecular flexibility index (Phi) is 3.69. The van der Waals surface area contributed by atoms with E-state index in [4.69, 9.17) is 22.1 Å². The van der Waals surface area contributed by atoms with Crippen LogP contribution in [0.3, 0.4) is 0 Å². The molecule has 2 N–H and O–H groups in total. The normalized spacial score (nSPS) is 10.8. The van der Waals surface area contributed by atoms with Gasteiger partial charge in [-0.1, -0.05) is 11.6 Å². The molecule has 0 aliphatic rings. The molecule has 3 aromatic rings. The molecule has 21 heavy (non-hydrogen) atoms. The summed E-state index contributed by atoms with van der Waals surface area (Å²) in [4.78, 5) is 4.23. The Balaban J connectivity index is 2.08. The van der Waals surface area contributed by atoms with E-state index in [0.717, 1.165) is 5.39 Å². The first-order valence-electron chi connectivity index (χ1n) is 6.01. The molecule has 0 atom stereocenters. The van der Waals surface area contributed by atoms with Gasteiger partial charge >= 0.3 is 0 Å². The summed E-state index contributed by atoms with van der Waals surface area (Å²) >= 11 is 9.02. The number of hydrogen-bond donors (Lipinski definition) is 1. The minimum absolute atomic E-state index is 0.0292. The van der Waals surface area contributed by atoms with E-state index < -0.39 is 5.82 Å². The van der Waals surface area contributed by atoms with Gasteiger partial charge in [0.05, 0.1) is 15.0 Å². The van der Waals surface area contributed by atoms with Crippen molar-refractivity contribution in [2.24, 2.45) is 0 Å². The van der Waals surface area contributed by atoms with Gasteiger partial charge < -0.3 is 10.5 Å². The highest BCUT2D eigenvalue weighted by Gasteiger charge is 2.11. The van der Waals surface area contributed by atoms with E-state index in [-0.39, 0.29) is 5.02 Å². The van der Waals surface area contributed by atoms with Crippen LogP contribution in [0.5, 0.6) is 11.5 Å². The van der Waals surface area contributed by atoms with Gasteiger partial charge in [-0.3, -0.25) is 4.98 Å². The maximum atomic E-state index is 13.6. The number of aromatic nitrogens is 1. The second kappa shape index (κ2) is 5.50. The second-order valence-corrected chi connectivity index (χ2v) is 5.65. The highest BCUT2D eigenvalue weighted by molar-refractivity contribution is 9.10. The quantitative estimate of drug-likeness (QED) is 0.502. The largest absolute Gasteiger partial charge is 0.455 e. The number of rotatable bonds is 2. The van der Waals surface area contributed by atoms with Crippen molar-refractivity contribution in [3.63, 3.8) is 0 Å². The smallest absolute Gasteiger partial charge is 0.145 e. The van der Waals surface area contributed by atoms with Crippen LogP contribution in [0.2, 0.25) is 5.02 Å². The Labute approximate surface area is 133 Å². The number of nitrogens with two attached hydrogens (primary N) is 1. The third kappa shape index (κ3) is 2.80. The molecule has 0 saturated carbocycles. The fourth-order valence-electron chi connectivity index (χ4n) is 1.93. The number of ether oxygens (including phenoxy) is 1. The van der Waals surface area contributed by atoms with Gasteiger partial charge in [-0.15, -0.1) is 0 Å². The number of benzene rings is 2. The van der Waals surface area contributed by atoms with E-state index in [9.17, 15) is 4.39 Å². The lowest BCUT2D eigenvalue weighted by atomic mass is 10.2. The van der Waals surface area contributed by atoms with Crippen molar-refractivity contribution in [1.82, 2.24) is 4.98 Å². The fourth-order valence-corrected chi connectivity index (χ4v) is 2.65. The molecule has 3 rings (SSSR count). The average molecular weight is 368 g/mol. The molecule has 0 aliphatic carbocycles. The molecule has 3 nitrogen and oxygen atoms in total. The summed E-state index contributed by atoms with van der Waals surface area (Å²) in [6.45, 7) is 0. The van der Waals surface area contributed by atoms with Crippen molar-refractivity contribution in [3.05, 3.63) is 57.9 Å². The number of hydrogen-bond acceptors (Lipinski definition) is 3. The topological polar surface area (TPSA) is 48.1 Å². The predicted molar refractivity (Wildman–Crippen MR) is 85.3 cm³/mol. The van der Waals surface area contributed by atoms with Crippen LogP contribution in [0.25, 0.3) is 10.9 Å². The van der Waals surface area contributed by atoms with Crippen LogP contribution in [0.4, 0.5) is 10.1 Å². The summed E-state index contributed by atoms with van der Waals surface area (Å²) in [5, 5.41) is 0.815. The summed E-state index contributed by atoms with van der Waals surface area (Å²) in [7, 11) is 0. The first kappa shape index (κ1) is 14.1. The van der Waals surface area contributed by atoms with Crippen molar-refractivity contribution in [2.75, 3.05) is 5.73 Å². The fraction of sp³-hybridized carbons (Fsp3) is 0. The monoisotopic (exact) mass is 366 g/mol. The Morgan fingerprint density at radius 3 is 2.76 bits per heavy atom. The average Bonchev–Trinajstić information content (AvgIpc) is 2.44. The molecule has 106 valence electrons. The molecule has 1 heterocycles. The molecule has 0 amide bonds. The minimum atomic E-state index is -0.544. The molecule has 0 bridgehead atoms. The first-order valence-corrected chi connectivity index (χ1v) is 7.18. The first-order chi connectivity index (χ1) is 10.0. The van der Waals surface area contributed by atoms with Crippen LogP contribution >= 0.6 is 27.5 Å². The molecule has 0 spiro atoms. The number of halogens is 3. The van der Waals surface area contributed by atoms with Gasteiger partial charge in [0.2, 0.25) is 0 Å². The van der Waals surface area contributed by atoms with E-state index in [1.54, 1.807) is 24.4 Å². The van der Waals surface area contributed by atoms with Crippen molar-refractivity contribution in [2.45, 2.75) is 0 Å². The van der Waals surface area contributed by atoms with Gasteiger partial charge in [0, 0.05) is 23.3 Å². The van der Waals surface area contributed by atoms with Crippen LogP contribution in [-0.4, -0.2) is 4.98 Å². The lowest BCUT2D eigenvalue weighted by molar-refractivity contribution is 0.478. The Bertz CT molecular complexity index is 841. The lowest BCUT2D eigenvalue weighted by Gasteiger charge is -2.11. The van der Waals surface area contributed by atoms with Crippen molar-refractivity contribution in [3.8, 4) is 11.5 Å². The summed E-state index contributed by atoms with van der Waals surface area (Å²) in [6.07, 6.45) is 1.61. The summed E-state index contributed by atoms with van der Waals surface area (Å²) < 4.78 is 19.9. The van der Waals surface area contributed by atoms with E-state index in [1.165, 1.54) is 12.1 Å². The van der Waals surface area contributed by atoms with Gasteiger partial charge in [0.15, 0.2) is 0 Å². The zero-order valence-electron chi connectivity index (χ0n) is 10.6. The molecular weight excluding hydrogens is 359 g/mol. The van der Waals surface area contributed by atoms with Crippen molar-refractivity contribution >= 4 is 44.1 Å². The van der Waals surface area contributed by atoms with Gasteiger partial charge in [-0.05, 0) is 46.3 Å². The van der Waals surface area contributed by atoms with Gasteiger partial charge in [-0.25, -0.2) is 4.39 Å². The zero-order valence-corrected chi connectivity index (χ0v) is 13.0. The molecule has 2 aromatic carbocycles. The van der Waals surface area contributed by atoms with E-state index in [2.05, 4.69) is 20.9 Å².